The molecule has 25 heavy (non-hydrogen) atoms. The van der Waals surface area contributed by atoms with Crippen LogP contribution >= 0.6 is 11.3 Å². The van der Waals surface area contributed by atoms with Gasteiger partial charge in [0.25, 0.3) is 6.34 Å². The molecule has 0 spiro atoms. The summed E-state index contributed by atoms with van der Waals surface area (Å²) in [4.78, 5) is 9.91. The van der Waals surface area contributed by atoms with Gasteiger partial charge in [-0.05, 0) is 30.1 Å². The molecule has 0 amide bonds. The summed E-state index contributed by atoms with van der Waals surface area (Å²) in [6, 6.07) is 8.12. The molecule has 0 aliphatic carbocycles. The molecule has 0 fully saturated rings. The van der Waals surface area contributed by atoms with E-state index in [1.54, 1.807) is 29.7 Å². The normalized spacial score (nSPS) is 13.8. The number of aromatic nitrogens is 1. The quantitative estimate of drug-likeness (QED) is 0.574. The zero-order chi connectivity index (χ0) is 17.4. The predicted octanol–water partition coefficient (Wildman–Crippen LogP) is 3.67. The van der Waals surface area contributed by atoms with Crippen molar-refractivity contribution in [2.75, 3.05) is 18.8 Å². The number of anilines is 1. The van der Waals surface area contributed by atoms with E-state index in [-0.39, 0.29) is 5.75 Å². The van der Waals surface area contributed by atoms with Gasteiger partial charge in [0.1, 0.15) is 5.75 Å². The number of aliphatic imine (C=N–C) groups is 1. The number of fused-ring (bicyclic) bond motifs is 1. The Balaban J connectivity index is 1.69. The molecule has 0 saturated carbocycles. The molecule has 1 aliphatic rings. The molecule has 5 nitrogen and oxygen atoms in total. The van der Waals surface area contributed by atoms with Gasteiger partial charge in [0.2, 0.25) is 5.71 Å². The van der Waals surface area contributed by atoms with Crippen molar-refractivity contribution >= 4 is 39.3 Å². The van der Waals surface area contributed by atoms with Crippen LogP contribution in [0.25, 0.3) is 10.2 Å². The van der Waals surface area contributed by atoms with E-state index in [4.69, 9.17) is 10.5 Å². The highest BCUT2D eigenvalue weighted by Gasteiger charge is 2.22. The fourth-order valence-corrected chi connectivity index (χ4v) is 3.67. The third-order valence-electron chi connectivity index (χ3n) is 3.97. The van der Waals surface area contributed by atoms with E-state index in [1.165, 1.54) is 12.1 Å². The SMILES string of the molecule is CC[N+]1=CN=C(c2cc3nccc(Oc4ccc(N)cc4F)c3s2)C1. The van der Waals surface area contributed by atoms with Crippen molar-refractivity contribution in [1.29, 1.82) is 0 Å². The van der Waals surface area contributed by atoms with E-state index in [0.717, 1.165) is 33.9 Å². The summed E-state index contributed by atoms with van der Waals surface area (Å²) in [7, 11) is 0. The van der Waals surface area contributed by atoms with Crippen LogP contribution in [0.2, 0.25) is 0 Å². The fraction of sp³-hybridized carbons (Fsp3) is 0.167. The molecule has 2 aromatic heterocycles. The molecular weight excluding hydrogens is 339 g/mol. The second kappa shape index (κ2) is 6.25. The maximum Gasteiger partial charge on any atom is 0.282 e. The van der Waals surface area contributed by atoms with Gasteiger partial charge in [-0.2, -0.15) is 0 Å². The van der Waals surface area contributed by atoms with Gasteiger partial charge in [0.05, 0.1) is 21.6 Å². The van der Waals surface area contributed by atoms with Gasteiger partial charge in [-0.3, -0.25) is 9.56 Å². The van der Waals surface area contributed by atoms with Crippen LogP contribution in [0.1, 0.15) is 11.8 Å². The van der Waals surface area contributed by atoms with Crippen molar-refractivity contribution in [2.45, 2.75) is 6.92 Å². The molecular formula is C18H16FN4OS+. The lowest BCUT2D eigenvalue weighted by atomic mass is 10.2. The van der Waals surface area contributed by atoms with Gasteiger partial charge in [-0.1, -0.05) is 0 Å². The van der Waals surface area contributed by atoms with Crippen LogP contribution in [0.3, 0.4) is 0 Å². The number of nitrogens with zero attached hydrogens (tertiary/aromatic N) is 3. The second-order valence-electron chi connectivity index (χ2n) is 5.68. The third-order valence-corrected chi connectivity index (χ3v) is 5.16. The van der Waals surface area contributed by atoms with Gasteiger partial charge >= 0.3 is 0 Å². The van der Waals surface area contributed by atoms with Gasteiger partial charge in [-0.15, -0.1) is 11.3 Å². The van der Waals surface area contributed by atoms with Crippen molar-refractivity contribution in [3.8, 4) is 11.5 Å². The Morgan fingerprint density at radius 3 is 2.92 bits per heavy atom. The predicted molar refractivity (Wildman–Crippen MR) is 98.8 cm³/mol. The Morgan fingerprint density at radius 1 is 1.28 bits per heavy atom. The number of likely N-dealkylation sites (N-methyl/N-ethyl adjacent to an activating group) is 1. The summed E-state index contributed by atoms with van der Waals surface area (Å²) in [5.74, 6) is 0.218. The lowest BCUT2D eigenvalue weighted by molar-refractivity contribution is -0.501. The maximum absolute atomic E-state index is 14.0. The Bertz CT molecular complexity index is 1030. The highest BCUT2D eigenvalue weighted by atomic mass is 32.1. The molecule has 0 saturated heterocycles. The molecule has 2 N–H and O–H groups in total. The Labute approximate surface area is 147 Å². The summed E-state index contributed by atoms with van der Waals surface area (Å²) in [5, 5.41) is 0. The zero-order valence-corrected chi connectivity index (χ0v) is 14.4. The number of nitrogen functional groups attached to an aromatic ring is 1. The first kappa shape index (κ1) is 15.7. The monoisotopic (exact) mass is 355 g/mol. The smallest absolute Gasteiger partial charge is 0.282 e. The molecule has 0 unspecified atom stereocenters. The van der Waals surface area contributed by atoms with Crippen LogP contribution in [-0.4, -0.2) is 34.7 Å². The lowest BCUT2D eigenvalue weighted by Crippen LogP contribution is -2.14. The summed E-state index contributed by atoms with van der Waals surface area (Å²) in [5.41, 5.74) is 7.76. The Hall–Kier alpha value is -2.80. The minimum atomic E-state index is -0.491. The number of thiophene rings is 1. The number of hydrogen-bond acceptors (Lipinski definition) is 5. The number of ether oxygens (including phenoxy) is 1. The second-order valence-corrected chi connectivity index (χ2v) is 6.73. The van der Waals surface area contributed by atoms with Crippen LogP contribution in [0.15, 0.2) is 41.5 Å². The molecule has 1 aliphatic heterocycles. The lowest BCUT2D eigenvalue weighted by Gasteiger charge is -2.07. The first-order chi connectivity index (χ1) is 12.1. The Morgan fingerprint density at radius 2 is 2.16 bits per heavy atom. The van der Waals surface area contributed by atoms with E-state index in [9.17, 15) is 4.39 Å². The van der Waals surface area contributed by atoms with Crippen molar-refractivity contribution in [3.05, 3.63) is 47.2 Å². The van der Waals surface area contributed by atoms with Crippen molar-refractivity contribution in [2.24, 2.45) is 4.99 Å². The summed E-state index contributed by atoms with van der Waals surface area (Å²) in [6.07, 6.45) is 3.51. The number of rotatable bonds is 4. The Kier molecular flexibility index (Phi) is 3.93. The van der Waals surface area contributed by atoms with Crippen LogP contribution in [0.4, 0.5) is 10.1 Å². The molecule has 7 heteroatoms. The minimum Gasteiger partial charge on any atom is -0.453 e. The molecule has 3 aromatic rings. The molecule has 4 rings (SSSR count). The number of benzene rings is 1. The van der Waals surface area contributed by atoms with Gasteiger partial charge < -0.3 is 10.5 Å². The van der Waals surface area contributed by atoms with E-state index in [2.05, 4.69) is 21.5 Å². The fourth-order valence-electron chi connectivity index (χ4n) is 2.62. The molecule has 0 atom stereocenters. The average molecular weight is 355 g/mol. The minimum absolute atomic E-state index is 0.139. The van der Waals surface area contributed by atoms with Gasteiger partial charge in [-0.25, -0.2) is 4.39 Å². The number of pyridine rings is 1. The molecule has 1 aromatic carbocycles. The number of nitrogens with two attached hydrogens (primary N) is 1. The average Bonchev–Trinajstić information content (AvgIpc) is 3.24. The molecule has 126 valence electrons. The number of hydrogen-bond donors (Lipinski definition) is 1. The van der Waals surface area contributed by atoms with Crippen LogP contribution in [0.5, 0.6) is 11.5 Å². The van der Waals surface area contributed by atoms with Crippen LogP contribution in [-0.2, 0) is 0 Å². The third kappa shape index (κ3) is 2.98. The van der Waals surface area contributed by atoms with Crippen molar-refractivity contribution < 1.29 is 13.7 Å². The molecule has 0 radical (unpaired) electrons. The molecule has 3 heterocycles. The summed E-state index contributed by atoms with van der Waals surface area (Å²) < 4.78 is 22.8. The van der Waals surface area contributed by atoms with Gasteiger partial charge in [0, 0.05) is 24.0 Å². The largest absolute Gasteiger partial charge is 0.453 e. The highest BCUT2D eigenvalue weighted by molar-refractivity contribution is 7.21. The first-order valence-corrected chi connectivity index (χ1v) is 8.71. The van der Waals surface area contributed by atoms with Crippen molar-refractivity contribution in [1.82, 2.24) is 4.98 Å². The van der Waals surface area contributed by atoms with E-state index in [1.807, 2.05) is 12.4 Å². The maximum atomic E-state index is 14.0. The van der Waals surface area contributed by atoms with E-state index in [0.29, 0.717) is 11.4 Å². The zero-order valence-electron chi connectivity index (χ0n) is 13.6. The first-order valence-electron chi connectivity index (χ1n) is 7.90. The van der Waals surface area contributed by atoms with Gasteiger partial charge in [0.15, 0.2) is 18.1 Å². The number of halogens is 1. The molecule has 0 bridgehead atoms. The van der Waals surface area contributed by atoms with Crippen molar-refractivity contribution in [3.63, 3.8) is 0 Å². The topological polar surface area (TPSA) is 63.5 Å². The van der Waals surface area contributed by atoms with E-state index < -0.39 is 5.82 Å². The van der Waals surface area contributed by atoms with Crippen LogP contribution < -0.4 is 10.5 Å². The summed E-state index contributed by atoms with van der Waals surface area (Å²) in [6.45, 7) is 3.79. The van der Waals surface area contributed by atoms with E-state index >= 15 is 0 Å². The van der Waals surface area contributed by atoms with Crippen LogP contribution in [0, 0.1) is 5.82 Å². The standard InChI is InChI=1S/C18H16FN4OS/c1-2-23-9-14(22-10-23)17-8-13-18(25-17)16(5-6-21-13)24-15-4-3-11(20)7-12(15)19/h3-8,10H,2,9,20H2,1H3/q+1. The highest BCUT2D eigenvalue weighted by Crippen LogP contribution is 2.36. The summed E-state index contributed by atoms with van der Waals surface area (Å²) >= 11 is 1.55.